The quantitative estimate of drug-likeness (QED) is 0.648. The molecule has 1 saturated carbocycles. The van der Waals surface area contributed by atoms with Crippen LogP contribution in [0.2, 0.25) is 0 Å². The molecule has 1 saturated heterocycles. The van der Waals surface area contributed by atoms with Gasteiger partial charge in [0.05, 0.1) is 6.04 Å². The molecule has 0 spiro atoms. The second kappa shape index (κ2) is 8.91. The number of Topliss-reactive ketones (excluding diaryl/α,β-unsaturated/α-hetero) is 1. The van der Waals surface area contributed by atoms with Crippen molar-refractivity contribution in [2.45, 2.75) is 30.6 Å². The van der Waals surface area contributed by atoms with Crippen LogP contribution in [0.15, 0.2) is 46.7 Å². The van der Waals surface area contributed by atoms with Crippen molar-refractivity contribution in [2.24, 2.45) is 5.92 Å². The lowest BCUT2D eigenvalue weighted by Crippen LogP contribution is -2.42. The van der Waals surface area contributed by atoms with E-state index < -0.39 is 6.04 Å². The predicted octanol–water partition coefficient (Wildman–Crippen LogP) is 5.42. The number of benzene rings is 1. The number of carbonyl (C=O) groups excluding carboxylic acids is 1. The maximum atomic E-state index is 14.5. The summed E-state index contributed by atoms with van der Waals surface area (Å²) < 4.78 is 14.5. The molecule has 1 aromatic heterocycles. The second-order valence-electron chi connectivity index (χ2n) is 7.15. The number of carbonyl (C=O) groups is 1. The van der Waals surface area contributed by atoms with Crippen LogP contribution < -0.4 is 0 Å². The number of nitrogens with zero attached hydrogens (tertiary/aromatic N) is 1. The number of piperidine rings is 1. The summed E-state index contributed by atoms with van der Waals surface area (Å²) >= 11 is 6.40. The van der Waals surface area contributed by atoms with Crippen LogP contribution in [-0.2, 0) is 4.79 Å². The van der Waals surface area contributed by atoms with E-state index >= 15 is 0 Å². The van der Waals surface area contributed by atoms with Crippen LogP contribution >= 0.6 is 36.4 Å². The van der Waals surface area contributed by atoms with Crippen molar-refractivity contribution in [3.05, 3.63) is 63.6 Å². The van der Waals surface area contributed by atoms with Gasteiger partial charge in [0.15, 0.2) is 5.78 Å². The van der Waals surface area contributed by atoms with E-state index in [2.05, 4.69) is 27.8 Å². The van der Waals surface area contributed by atoms with E-state index in [1.165, 1.54) is 17.2 Å². The van der Waals surface area contributed by atoms with Gasteiger partial charge in [-0.1, -0.05) is 24.3 Å². The predicted molar refractivity (Wildman–Crippen MR) is 115 cm³/mol. The van der Waals surface area contributed by atoms with Gasteiger partial charge >= 0.3 is 0 Å². The van der Waals surface area contributed by atoms with Crippen LogP contribution in [0.5, 0.6) is 0 Å². The minimum Gasteiger partial charge on any atom is -0.297 e. The summed E-state index contributed by atoms with van der Waals surface area (Å²) in [4.78, 5) is 15.2. The first kappa shape index (κ1) is 20.6. The van der Waals surface area contributed by atoms with Gasteiger partial charge in [0.2, 0.25) is 0 Å². The molecule has 2 unspecified atom stereocenters. The Hall–Kier alpha value is -1.14. The molecule has 0 bridgehead atoms. The van der Waals surface area contributed by atoms with E-state index in [0.29, 0.717) is 12.1 Å². The molecule has 0 amide bonds. The van der Waals surface area contributed by atoms with Crippen molar-refractivity contribution < 1.29 is 9.18 Å². The van der Waals surface area contributed by atoms with Gasteiger partial charge in [-0.25, -0.2) is 4.39 Å². The molecule has 2 atom stereocenters. The molecule has 144 valence electrons. The van der Waals surface area contributed by atoms with Gasteiger partial charge in [0.25, 0.3) is 0 Å². The smallest absolute Gasteiger partial charge is 0.157 e. The van der Waals surface area contributed by atoms with Gasteiger partial charge in [0.1, 0.15) is 5.82 Å². The van der Waals surface area contributed by atoms with Gasteiger partial charge in [-0.15, -0.1) is 12.4 Å². The second-order valence-corrected chi connectivity index (χ2v) is 8.55. The van der Waals surface area contributed by atoms with Gasteiger partial charge in [-0.3, -0.25) is 9.69 Å². The molecule has 1 aliphatic heterocycles. The highest BCUT2D eigenvalue weighted by Crippen LogP contribution is 2.39. The van der Waals surface area contributed by atoms with Crippen molar-refractivity contribution in [1.82, 2.24) is 4.90 Å². The van der Waals surface area contributed by atoms with Gasteiger partial charge in [-0.05, 0) is 53.3 Å². The van der Waals surface area contributed by atoms with Crippen molar-refractivity contribution >= 4 is 48.2 Å². The number of halogens is 2. The molecule has 2 nitrogen and oxygen atoms in total. The fourth-order valence-corrected chi connectivity index (χ4v) is 4.53. The number of thiol groups is 1. The molecule has 1 aromatic carbocycles. The topological polar surface area (TPSA) is 20.3 Å². The lowest BCUT2D eigenvalue weighted by Gasteiger charge is -2.37. The molecule has 4 rings (SSSR count). The SMILES string of the molecule is Cl.O=C(C1CC1)C(c1ccccc1F)N1CCC(S)/C(=C\c2ccsc2)C1. The monoisotopic (exact) mass is 423 g/mol. The minimum absolute atomic E-state index is 0. The number of thiophene rings is 1. The molecular formula is C21H23ClFNOS2. The maximum absolute atomic E-state index is 14.5. The average Bonchev–Trinajstić information content (AvgIpc) is 3.37. The third kappa shape index (κ3) is 4.65. The highest BCUT2D eigenvalue weighted by molar-refractivity contribution is 7.81. The van der Waals surface area contributed by atoms with Crippen molar-refractivity contribution in [1.29, 1.82) is 0 Å². The first-order valence-corrected chi connectivity index (χ1v) is 10.5. The summed E-state index contributed by atoms with van der Waals surface area (Å²) in [6.07, 6.45) is 4.90. The molecule has 0 radical (unpaired) electrons. The molecule has 27 heavy (non-hydrogen) atoms. The van der Waals surface area contributed by atoms with E-state index in [-0.39, 0.29) is 35.2 Å². The van der Waals surface area contributed by atoms with Crippen LogP contribution in [0, 0.1) is 11.7 Å². The Bertz CT molecular complexity index is 819. The summed E-state index contributed by atoms with van der Waals surface area (Å²) in [7, 11) is 0. The number of ketones is 1. The summed E-state index contributed by atoms with van der Waals surface area (Å²) in [5.74, 6) is -0.0249. The number of likely N-dealkylation sites (tertiary alicyclic amines) is 1. The van der Waals surface area contributed by atoms with Gasteiger partial charge < -0.3 is 0 Å². The zero-order chi connectivity index (χ0) is 18.1. The third-order valence-corrected chi connectivity index (χ3v) is 6.50. The van der Waals surface area contributed by atoms with Crippen LogP contribution in [0.4, 0.5) is 4.39 Å². The minimum atomic E-state index is -0.490. The normalized spacial score (nSPS) is 23.0. The Morgan fingerprint density at radius 2 is 2.04 bits per heavy atom. The van der Waals surface area contributed by atoms with E-state index in [0.717, 1.165) is 25.8 Å². The molecule has 0 N–H and O–H groups in total. The van der Waals surface area contributed by atoms with Gasteiger partial charge in [-0.2, -0.15) is 24.0 Å². The molecule has 1 aliphatic carbocycles. The van der Waals surface area contributed by atoms with E-state index in [4.69, 9.17) is 12.6 Å². The zero-order valence-corrected chi connectivity index (χ0v) is 17.4. The van der Waals surface area contributed by atoms with E-state index in [1.807, 2.05) is 6.07 Å². The molecule has 2 fully saturated rings. The Kier molecular flexibility index (Phi) is 6.79. The summed E-state index contributed by atoms with van der Waals surface area (Å²) in [5.41, 5.74) is 2.88. The molecule has 2 heterocycles. The van der Waals surface area contributed by atoms with Gasteiger partial charge in [0, 0.05) is 29.8 Å². The van der Waals surface area contributed by atoms with Crippen molar-refractivity contribution in [2.75, 3.05) is 13.1 Å². The van der Waals surface area contributed by atoms with E-state index in [9.17, 15) is 9.18 Å². The molecule has 6 heteroatoms. The van der Waals surface area contributed by atoms with Crippen LogP contribution in [-0.4, -0.2) is 29.0 Å². The fourth-order valence-electron chi connectivity index (χ4n) is 3.64. The first-order valence-electron chi connectivity index (χ1n) is 9.06. The van der Waals surface area contributed by atoms with Crippen molar-refractivity contribution in [3.63, 3.8) is 0 Å². The standard InChI is InChI=1S/C21H22FNOS2.ClH/c22-18-4-2-1-3-17(18)20(21(24)15-5-6-15)23-9-7-19(25)16(12-23)11-14-8-10-26-13-14;/h1-4,8,10-11,13,15,19-20,25H,5-7,9,12H2;1H/b16-11-;. The lowest BCUT2D eigenvalue weighted by molar-refractivity contribution is -0.126. The largest absolute Gasteiger partial charge is 0.297 e. The first-order chi connectivity index (χ1) is 12.6. The Morgan fingerprint density at radius 1 is 1.26 bits per heavy atom. The number of rotatable bonds is 5. The van der Waals surface area contributed by atoms with Crippen LogP contribution in [0.1, 0.15) is 36.4 Å². The number of hydrogen-bond acceptors (Lipinski definition) is 4. The number of hydrogen-bond donors (Lipinski definition) is 1. The molecule has 2 aromatic rings. The van der Waals surface area contributed by atoms with E-state index in [1.54, 1.807) is 23.5 Å². The summed E-state index contributed by atoms with van der Waals surface area (Å²) in [5, 5.41) is 4.35. The lowest BCUT2D eigenvalue weighted by atomic mass is 9.93. The average molecular weight is 424 g/mol. The molecular weight excluding hydrogens is 401 g/mol. The Morgan fingerprint density at radius 3 is 2.70 bits per heavy atom. The fraction of sp³-hybridized carbons (Fsp3) is 0.381. The highest BCUT2D eigenvalue weighted by Gasteiger charge is 2.40. The van der Waals surface area contributed by atoms with Crippen LogP contribution in [0.25, 0.3) is 6.08 Å². The zero-order valence-electron chi connectivity index (χ0n) is 14.9. The van der Waals surface area contributed by atoms with Crippen molar-refractivity contribution in [3.8, 4) is 0 Å². The highest BCUT2D eigenvalue weighted by atomic mass is 35.5. The summed E-state index contributed by atoms with van der Waals surface area (Å²) in [6, 6.07) is 8.31. The Balaban J connectivity index is 0.00000210. The maximum Gasteiger partial charge on any atom is 0.157 e. The van der Waals surface area contributed by atoms with Crippen LogP contribution in [0.3, 0.4) is 0 Å². The third-order valence-electron chi connectivity index (χ3n) is 5.21. The molecule has 2 aliphatic rings. The summed E-state index contributed by atoms with van der Waals surface area (Å²) in [6.45, 7) is 1.41. The Labute approximate surface area is 175 Å².